The summed E-state index contributed by atoms with van der Waals surface area (Å²) in [6.45, 7) is 1.70. The summed E-state index contributed by atoms with van der Waals surface area (Å²) in [6.07, 6.45) is -4.60. The minimum absolute atomic E-state index is 0.0150. The molecule has 0 heterocycles. The Morgan fingerprint density at radius 1 is 1.04 bits per heavy atom. The Balaban J connectivity index is 1.98. The summed E-state index contributed by atoms with van der Waals surface area (Å²) < 4.78 is 51.7. The van der Waals surface area contributed by atoms with Crippen molar-refractivity contribution in [3.05, 3.63) is 65.0 Å². The van der Waals surface area contributed by atoms with Crippen LogP contribution in [0.3, 0.4) is 0 Å². The van der Waals surface area contributed by atoms with E-state index in [2.05, 4.69) is 10.6 Å². The van der Waals surface area contributed by atoms with Gasteiger partial charge in [-0.1, -0.05) is 18.2 Å². The van der Waals surface area contributed by atoms with Crippen molar-refractivity contribution in [2.24, 2.45) is 0 Å². The summed E-state index contributed by atoms with van der Waals surface area (Å²) in [7, 11) is 0. The number of carbonyl (C=O) groups is 1. The molecule has 0 aromatic heterocycles. The van der Waals surface area contributed by atoms with Gasteiger partial charge in [0.15, 0.2) is 0 Å². The van der Waals surface area contributed by atoms with E-state index in [1.54, 1.807) is 24.3 Å². The van der Waals surface area contributed by atoms with E-state index in [1.165, 1.54) is 6.92 Å². The molecule has 0 atom stereocenters. The van der Waals surface area contributed by atoms with E-state index in [1.807, 2.05) is 0 Å². The van der Waals surface area contributed by atoms with Crippen molar-refractivity contribution in [3.63, 3.8) is 0 Å². The van der Waals surface area contributed by atoms with E-state index in [0.29, 0.717) is 18.3 Å². The standard InChI is InChI=1S/C17H16F4N2O/c1-11(24)23-15-6-2-12(3-7-15)9-22-10-13-4-5-14(18)8-16(13)17(19,20)21/h2-8,22H,9-10H2,1H3,(H,23,24). The summed E-state index contributed by atoms with van der Waals surface area (Å²) in [5.41, 5.74) is 0.499. The average molecular weight is 340 g/mol. The van der Waals surface area contributed by atoms with Gasteiger partial charge in [-0.2, -0.15) is 13.2 Å². The van der Waals surface area contributed by atoms with Gasteiger partial charge in [0.25, 0.3) is 0 Å². The van der Waals surface area contributed by atoms with Gasteiger partial charge in [-0.05, 0) is 35.4 Å². The van der Waals surface area contributed by atoms with Crippen LogP contribution in [0, 0.1) is 5.82 Å². The third-order valence-electron chi connectivity index (χ3n) is 3.30. The lowest BCUT2D eigenvalue weighted by molar-refractivity contribution is -0.138. The molecule has 0 saturated carbocycles. The van der Waals surface area contributed by atoms with Gasteiger partial charge < -0.3 is 10.6 Å². The maximum absolute atomic E-state index is 13.0. The molecular formula is C17H16F4N2O. The Morgan fingerprint density at radius 3 is 2.29 bits per heavy atom. The summed E-state index contributed by atoms with van der Waals surface area (Å²) in [4.78, 5) is 10.9. The third kappa shape index (κ3) is 5.06. The summed E-state index contributed by atoms with van der Waals surface area (Å²) in [5, 5.41) is 5.52. The fourth-order valence-electron chi connectivity index (χ4n) is 2.22. The lowest BCUT2D eigenvalue weighted by atomic mass is 10.1. The number of hydrogen-bond acceptors (Lipinski definition) is 2. The zero-order valence-corrected chi connectivity index (χ0v) is 12.9. The van der Waals surface area contributed by atoms with Crippen molar-refractivity contribution in [2.75, 3.05) is 5.32 Å². The first kappa shape index (κ1) is 17.9. The molecule has 24 heavy (non-hydrogen) atoms. The van der Waals surface area contributed by atoms with E-state index in [4.69, 9.17) is 0 Å². The fourth-order valence-corrected chi connectivity index (χ4v) is 2.22. The van der Waals surface area contributed by atoms with Crippen LogP contribution >= 0.6 is 0 Å². The minimum Gasteiger partial charge on any atom is -0.326 e. The first-order valence-electron chi connectivity index (χ1n) is 7.18. The molecular weight excluding hydrogens is 324 g/mol. The second kappa shape index (κ2) is 7.44. The highest BCUT2D eigenvalue weighted by Crippen LogP contribution is 2.32. The van der Waals surface area contributed by atoms with Crippen LogP contribution in [0.5, 0.6) is 0 Å². The van der Waals surface area contributed by atoms with Crippen LogP contribution in [0.4, 0.5) is 23.2 Å². The molecule has 2 rings (SSSR count). The predicted molar refractivity (Wildman–Crippen MR) is 82.7 cm³/mol. The van der Waals surface area contributed by atoms with E-state index >= 15 is 0 Å². The molecule has 0 bridgehead atoms. The van der Waals surface area contributed by atoms with Crippen LogP contribution < -0.4 is 10.6 Å². The number of carbonyl (C=O) groups excluding carboxylic acids is 1. The van der Waals surface area contributed by atoms with Crippen molar-refractivity contribution in [3.8, 4) is 0 Å². The number of amides is 1. The van der Waals surface area contributed by atoms with Crippen LogP contribution in [-0.2, 0) is 24.1 Å². The molecule has 0 spiro atoms. The van der Waals surface area contributed by atoms with Crippen molar-refractivity contribution in [2.45, 2.75) is 26.2 Å². The van der Waals surface area contributed by atoms with Crippen LogP contribution in [0.2, 0.25) is 0 Å². The first-order valence-corrected chi connectivity index (χ1v) is 7.18. The Kier molecular flexibility index (Phi) is 5.56. The number of benzene rings is 2. The lowest BCUT2D eigenvalue weighted by Gasteiger charge is -2.14. The molecule has 128 valence electrons. The zero-order valence-electron chi connectivity index (χ0n) is 12.9. The predicted octanol–water partition coefficient (Wildman–Crippen LogP) is 4.09. The van der Waals surface area contributed by atoms with Gasteiger partial charge in [0.05, 0.1) is 5.56 Å². The lowest BCUT2D eigenvalue weighted by Crippen LogP contribution is -2.17. The van der Waals surface area contributed by atoms with Crippen LogP contribution in [0.25, 0.3) is 0 Å². The van der Waals surface area contributed by atoms with Gasteiger partial charge in [-0.15, -0.1) is 0 Å². The van der Waals surface area contributed by atoms with Crippen molar-refractivity contribution in [1.29, 1.82) is 0 Å². The number of rotatable bonds is 5. The molecule has 0 unspecified atom stereocenters. The van der Waals surface area contributed by atoms with Gasteiger partial charge in [-0.3, -0.25) is 4.79 Å². The van der Waals surface area contributed by atoms with Gasteiger partial charge in [0.2, 0.25) is 5.91 Å². The van der Waals surface area contributed by atoms with Crippen LogP contribution in [0.1, 0.15) is 23.6 Å². The van der Waals surface area contributed by atoms with Crippen molar-refractivity contribution < 1.29 is 22.4 Å². The van der Waals surface area contributed by atoms with Crippen molar-refractivity contribution >= 4 is 11.6 Å². The van der Waals surface area contributed by atoms with E-state index in [0.717, 1.165) is 17.7 Å². The SMILES string of the molecule is CC(=O)Nc1ccc(CNCc2ccc(F)cc2C(F)(F)F)cc1. The highest BCUT2D eigenvalue weighted by Gasteiger charge is 2.33. The van der Waals surface area contributed by atoms with Gasteiger partial charge in [0.1, 0.15) is 5.82 Å². The Morgan fingerprint density at radius 2 is 1.71 bits per heavy atom. The molecule has 2 N–H and O–H groups in total. The van der Waals surface area contributed by atoms with E-state index in [-0.39, 0.29) is 18.0 Å². The zero-order chi connectivity index (χ0) is 17.7. The Hall–Kier alpha value is -2.41. The molecule has 1 amide bonds. The molecule has 0 fully saturated rings. The van der Waals surface area contributed by atoms with E-state index < -0.39 is 17.6 Å². The van der Waals surface area contributed by atoms with Crippen LogP contribution in [-0.4, -0.2) is 5.91 Å². The molecule has 0 radical (unpaired) electrons. The van der Waals surface area contributed by atoms with Gasteiger partial charge in [0, 0.05) is 25.7 Å². The molecule has 3 nitrogen and oxygen atoms in total. The normalized spacial score (nSPS) is 11.4. The Bertz CT molecular complexity index is 712. The monoisotopic (exact) mass is 340 g/mol. The highest BCUT2D eigenvalue weighted by atomic mass is 19.4. The maximum atomic E-state index is 13.0. The quantitative estimate of drug-likeness (QED) is 0.805. The van der Waals surface area contributed by atoms with E-state index in [9.17, 15) is 22.4 Å². The number of halogens is 4. The number of hydrogen-bond donors (Lipinski definition) is 2. The molecule has 2 aromatic rings. The van der Waals surface area contributed by atoms with Gasteiger partial charge >= 0.3 is 6.18 Å². The summed E-state index contributed by atoms with van der Waals surface area (Å²) in [6, 6.07) is 9.56. The molecule has 0 aliphatic heterocycles. The third-order valence-corrected chi connectivity index (χ3v) is 3.30. The number of alkyl halides is 3. The highest BCUT2D eigenvalue weighted by molar-refractivity contribution is 5.88. The summed E-state index contributed by atoms with van der Waals surface area (Å²) in [5.74, 6) is -1.10. The smallest absolute Gasteiger partial charge is 0.326 e. The minimum atomic E-state index is -4.60. The number of nitrogens with one attached hydrogen (secondary N) is 2. The number of anilines is 1. The fraction of sp³-hybridized carbons (Fsp3) is 0.235. The molecule has 0 aliphatic rings. The second-order valence-electron chi connectivity index (χ2n) is 5.28. The first-order chi connectivity index (χ1) is 11.3. The largest absolute Gasteiger partial charge is 0.416 e. The second-order valence-corrected chi connectivity index (χ2v) is 5.28. The maximum Gasteiger partial charge on any atom is 0.416 e. The molecule has 0 saturated heterocycles. The Labute approximate surface area is 136 Å². The molecule has 7 heteroatoms. The van der Waals surface area contributed by atoms with Crippen molar-refractivity contribution in [1.82, 2.24) is 5.32 Å². The molecule has 2 aromatic carbocycles. The topological polar surface area (TPSA) is 41.1 Å². The molecule has 0 aliphatic carbocycles. The van der Waals surface area contributed by atoms with Gasteiger partial charge in [-0.25, -0.2) is 4.39 Å². The van der Waals surface area contributed by atoms with Crippen LogP contribution in [0.15, 0.2) is 42.5 Å². The summed E-state index contributed by atoms with van der Waals surface area (Å²) >= 11 is 0. The average Bonchev–Trinajstić information content (AvgIpc) is 2.49.